The number of nitrogens with one attached hydrogen (secondary N) is 1. The minimum Gasteiger partial charge on any atom is -0.467 e. The first-order valence-corrected chi connectivity index (χ1v) is 10.3. The van der Waals surface area contributed by atoms with Crippen LogP contribution < -0.4 is 5.32 Å². The number of imide groups is 1. The van der Waals surface area contributed by atoms with Crippen molar-refractivity contribution in [1.29, 1.82) is 0 Å². The van der Waals surface area contributed by atoms with Crippen LogP contribution in [-0.2, 0) is 12.7 Å². The molecular weight excluding hydrogens is 465 g/mol. The molecule has 0 bridgehead atoms. The van der Waals surface area contributed by atoms with Crippen LogP contribution in [0.15, 0.2) is 77.7 Å². The van der Waals surface area contributed by atoms with E-state index in [1.807, 2.05) is 0 Å². The minimum absolute atomic E-state index is 0.0146. The van der Waals surface area contributed by atoms with Gasteiger partial charge in [0, 0.05) is 18.0 Å². The van der Waals surface area contributed by atoms with Crippen LogP contribution >= 0.6 is 0 Å². The Kier molecular flexibility index (Phi) is 5.24. The number of hydrogen-bond acceptors (Lipinski definition) is 5. The van der Waals surface area contributed by atoms with E-state index in [2.05, 4.69) is 10.4 Å². The van der Waals surface area contributed by atoms with Crippen LogP contribution in [0.4, 0.5) is 18.9 Å². The zero-order valence-electron chi connectivity index (χ0n) is 17.7. The summed E-state index contributed by atoms with van der Waals surface area (Å²) in [5.41, 5.74) is -1.35. The fraction of sp³-hybridized carbons (Fsp3) is 0.0833. The van der Waals surface area contributed by atoms with Gasteiger partial charge in [-0.15, -0.1) is 0 Å². The zero-order chi connectivity index (χ0) is 24.7. The molecule has 2 aromatic carbocycles. The van der Waals surface area contributed by atoms with Crippen LogP contribution in [0.1, 0.15) is 42.4 Å². The molecule has 0 atom stereocenters. The van der Waals surface area contributed by atoms with Crippen molar-refractivity contribution in [3.8, 4) is 5.69 Å². The van der Waals surface area contributed by atoms with Gasteiger partial charge in [-0.25, -0.2) is 4.68 Å². The predicted octanol–water partition coefficient (Wildman–Crippen LogP) is 4.53. The van der Waals surface area contributed by atoms with Crippen molar-refractivity contribution in [2.45, 2.75) is 12.7 Å². The lowest BCUT2D eigenvalue weighted by molar-refractivity contribution is -0.136. The van der Waals surface area contributed by atoms with E-state index in [9.17, 15) is 27.6 Å². The fourth-order valence-corrected chi connectivity index (χ4v) is 3.77. The third kappa shape index (κ3) is 4.07. The summed E-state index contributed by atoms with van der Waals surface area (Å²) in [6, 6.07) is 12.0. The maximum Gasteiger partial charge on any atom is 0.418 e. The number of halogens is 3. The minimum atomic E-state index is -4.75. The van der Waals surface area contributed by atoms with Crippen LogP contribution in [0.5, 0.6) is 0 Å². The first kappa shape index (κ1) is 22.1. The van der Waals surface area contributed by atoms with Gasteiger partial charge in [0.05, 0.1) is 40.9 Å². The second kappa shape index (κ2) is 8.28. The molecule has 35 heavy (non-hydrogen) atoms. The topological polar surface area (TPSA) is 97.4 Å². The third-order valence-corrected chi connectivity index (χ3v) is 5.45. The van der Waals surface area contributed by atoms with Gasteiger partial charge in [-0.3, -0.25) is 19.3 Å². The summed E-state index contributed by atoms with van der Waals surface area (Å²) in [4.78, 5) is 39.2. The molecule has 1 N–H and O–H groups in total. The van der Waals surface area contributed by atoms with E-state index in [4.69, 9.17) is 4.42 Å². The quantitative estimate of drug-likeness (QED) is 0.423. The normalized spacial score (nSPS) is 13.3. The molecule has 0 aliphatic carbocycles. The van der Waals surface area contributed by atoms with Crippen LogP contribution in [0.2, 0.25) is 0 Å². The predicted molar refractivity (Wildman–Crippen MR) is 116 cm³/mol. The molecule has 8 nitrogen and oxygen atoms in total. The van der Waals surface area contributed by atoms with E-state index in [1.165, 1.54) is 47.6 Å². The van der Waals surface area contributed by atoms with E-state index < -0.39 is 35.1 Å². The van der Waals surface area contributed by atoms with Crippen molar-refractivity contribution in [3.63, 3.8) is 0 Å². The van der Waals surface area contributed by atoms with Crippen molar-refractivity contribution in [2.75, 3.05) is 5.32 Å². The molecule has 1 aliphatic rings. The van der Waals surface area contributed by atoms with Gasteiger partial charge >= 0.3 is 6.18 Å². The number of furan rings is 1. The Morgan fingerprint density at radius 1 is 1.00 bits per heavy atom. The molecule has 1 aliphatic heterocycles. The van der Waals surface area contributed by atoms with Gasteiger partial charge in [0.1, 0.15) is 5.76 Å². The van der Waals surface area contributed by atoms with E-state index in [0.717, 1.165) is 17.0 Å². The number of carbonyl (C=O) groups excluding carboxylic acids is 3. The molecule has 3 heterocycles. The molecule has 0 spiro atoms. The van der Waals surface area contributed by atoms with E-state index >= 15 is 0 Å². The van der Waals surface area contributed by atoms with Gasteiger partial charge in [0.25, 0.3) is 17.7 Å². The van der Waals surface area contributed by atoms with Gasteiger partial charge in [-0.05, 0) is 54.6 Å². The Morgan fingerprint density at radius 3 is 2.49 bits per heavy atom. The molecule has 2 aromatic heterocycles. The largest absolute Gasteiger partial charge is 0.467 e. The van der Waals surface area contributed by atoms with Gasteiger partial charge in [0.2, 0.25) is 0 Å². The lowest BCUT2D eigenvalue weighted by Crippen LogP contribution is -2.28. The zero-order valence-corrected chi connectivity index (χ0v) is 17.7. The highest BCUT2D eigenvalue weighted by atomic mass is 19.4. The van der Waals surface area contributed by atoms with Crippen molar-refractivity contribution in [2.24, 2.45) is 0 Å². The first-order valence-electron chi connectivity index (χ1n) is 10.3. The molecule has 176 valence electrons. The average molecular weight is 480 g/mol. The number of carbonyl (C=O) groups is 3. The smallest absolute Gasteiger partial charge is 0.418 e. The van der Waals surface area contributed by atoms with Crippen molar-refractivity contribution in [3.05, 3.63) is 101 Å². The van der Waals surface area contributed by atoms with E-state index in [0.29, 0.717) is 5.76 Å². The first-order chi connectivity index (χ1) is 16.7. The summed E-state index contributed by atoms with van der Waals surface area (Å²) in [7, 11) is 0. The molecule has 0 saturated carbocycles. The van der Waals surface area contributed by atoms with Crippen LogP contribution in [0, 0.1) is 0 Å². The molecule has 11 heteroatoms. The Labute approximate surface area is 195 Å². The summed E-state index contributed by atoms with van der Waals surface area (Å²) in [6.07, 6.45) is -0.421. The van der Waals surface area contributed by atoms with Crippen LogP contribution in [0.3, 0.4) is 0 Å². The average Bonchev–Trinajstić information content (AvgIpc) is 3.58. The molecule has 3 amide bonds. The lowest BCUT2D eigenvalue weighted by Gasteiger charge is -2.15. The molecule has 0 unspecified atom stereocenters. The van der Waals surface area contributed by atoms with E-state index in [-0.39, 0.29) is 28.9 Å². The molecular formula is C24H15F3N4O4. The summed E-state index contributed by atoms with van der Waals surface area (Å²) in [6.45, 7) is -0.0849. The van der Waals surface area contributed by atoms with Crippen LogP contribution in [0.25, 0.3) is 5.69 Å². The summed E-state index contributed by atoms with van der Waals surface area (Å²) < 4.78 is 47.6. The third-order valence-electron chi connectivity index (χ3n) is 5.45. The molecule has 0 saturated heterocycles. The number of aromatic nitrogens is 2. The number of fused-ring (bicyclic) bond motifs is 1. The second-order valence-electron chi connectivity index (χ2n) is 7.67. The SMILES string of the molecule is O=C(Nc1ccc(-n2cccn2)cc1C(F)(F)F)c1ccc2c(c1)C(=O)N(Cc1ccco1)C2=O. The van der Waals surface area contributed by atoms with Crippen molar-refractivity contribution < 1.29 is 32.0 Å². The summed E-state index contributed by atoms with van der Waals surface area (Å²) in [5.74, 6) is -1.65. The number of rotatable bonds is 5. The maximum absolute atomic E-state index is 13.7. The highest BCUT2D eigenvalue weighted by Gasteiger charge is 2.37. The Balaban J connectivity index is 1.41. The Bertz CT molecular complexity index is 1440. The Morgan fingerprint density at radius 2 is 1.80 bits per heavy atom. The number of nitrogens with zero attached hydrogens (tertiary/aromatic N) is 3. The van der Waals surface area contributed by atoms with Gasteiger partial charge in [-0.1, -0.05) is 0 Å². The van der Waals surface area contributed by atoms with Crippen molar-refractivity contribution in [1.82, 2.24) is 14.7 Å². The summed E-state index contributed by atoms with van der Waals surface area (Å²) in [5, 5.41) is 6.17. The number of benzene rings is 2. The monoisotopic (exact) mass is 480 g/mol. The molecule has 0 radical (unpaired) electrons. The number of anilines is 1. The lowest BCUT2D eigenvalue weighted by atomic mass is 10.0. The molecule has 4 aromatic rings. The molecule has 0 fully saturated rings. The van der Waals surface area contributed by atoms with Gasteiger partial charge < -0.3 is 9.73 Å². The standard InChI is InChI=1S/C24H15F3N4O4/c25-24(26,27)19-12-15(31-9-2-8-28-31)5-7-20(19)29-21(32)14-4-6-17-18(11-14)23(34)30(22(17)33)13-16-3-1-10-35-16/h1-12H,13H2,(H,29,32). The second-order valence-corrected chi connectivity index (χ2v) is 7.67. The van der Waals surface area contributed by atoms with Crippen LogP contribution in [-0.4, -0.2) is 32.4 Å². The fourth-order valence-electron chi connectivity index (χ4n) is 3.77. The van der Waals surface area contributed by atoms with Gasteiger partial charge in [-0.2, -0.15) is 18.3 Å². The van der Waals surface area contributed by atoms with Gasteiger partial charge in [0.15, 0.2) is 0 Å². The van der Waals surface area contributed by atoms with E-state index in [1.54, 1.807) is 18.2 Å². The molecule has 5 rings (SSSR count). The highest BCUT2D eigenvalue weighted by molar-refractivity contribution is 6.22. The number of hydrogen-bond donors (Lipinski definition) is 1. The number of alkyl halides is 3. The number of amides is 3. The summed E-state index contributed by atoms with van der Waals surface area (Å²) >= 11 is 0. The van der Waals surface area contributed by atoms with Crippen molar-refractivity contribution >= 4 is 23.4 Å². The Hall–Kier alpha value is -4.67. The maximum atomic E-state index is 13.7. The highest BCUT2D eigenvalue weighted by Crippen LogP contribution is 2.36.